The molecule has 1 aromatic carbocycles. The lowest BCUT2D eigenvalue weighted by molar-refractivity contribution is -0.0859. The molecule has 0 aromatic heterocycles. The van der Waals surface area contributed by atoms with Crippen molar-refractivity contribution in [2.75, 3.05) is 20.7 Å². The lowest BCUT2D eigenvalue weighted by Gasteiger charge is -2.63. The van der Waals surface area contributed by atoms with E-state index in [1.807, 2.05) is 12.1 Å². The van der Waals surface area contributed by atoms with Crippen molar-refractivity contribution >= 4 is 0 Å². The van der Waals surface area contributed by atoms with Crippen LogP contribution in [0.3, 0.4) is 0 Å². The molecule has 4 atom stereocenters. The number of benzene rings is 1. The van der Waals surface area contributed by atoms with Gasteiger partial charge in [0.25, 0.3) is 0 Å². The summed E-state index contributed by atoms with van der Waals surface area (Å²) in [6.07, 6.45) is 4.70. The number of hydrogen-bond donors (Lipinski definition) is 1. The molecule has 0 saturated carbocycles. The van der Waals surface area contributed by atoms with Crippen LogP contribution in [-0.4, -0.2) is 42.9 Å². The van der Waals surface area contributed by atoms with Gasteiger partial charge in [0.05, 0.1) is 12.5 Å². The number of hydrogen-bond acceptors (Lipinski definition) is 4. The van der Waals surface area contributed by atoms with E-state index in [9.17, 15) is 5.11 Å². The van der Waals surface area contributed by atoms with Crippen LogP contribution in [0.2, 0.25) is 0 Å². The quantitative estimate of drug-likeness (QED) is 0.866. The third-order valence-corrected chi connectivity index (χ3v) is 7.12. The molecule has 1 spiro atoms. The third-order valence-electron chi connectivity index (χ3n) is 7.12. The Hall–Kier alpha value is -1.68. The topological polar surface area (TPSA) is 41.9 Å². The van der Waals surface area contributed by atoms with E-state index in [1.165, 1.54) is 11.1 Å². The van der Waals surface area contributed by atoms with E-state index in [1.54, 1.807) is 7.11 Å². The van der Waals surface area contributed by atoms with Crippen molar-refractivity contribution in [1.82, 2.24) is 4.90 Å². The highest BCUT2D eigenvalue weighted by Crippen LogP contribution is 2.68. The summed E-state index contributed by atoms with van der Waals surface area (Å²) in [4.78, 5) is 2.50. The van der Waals surface area contributed by atoms with Gasteiger partial charge in [0, 0.05) is 17.0 Å². The molecule has 4 nitrogen and oxygen atoms in total. The van der Waals surface area contributed by atoms with E-state index in [4.69, 9.17) is 9.47 Å². The number of rotatable bonds is 1. The summed E-state index contributed by atoms with van der Waals surface area (Å²) in [6.45, 7) is 3.44. The molecule has 2 aliphatic carbocycles. The maximum atomic E-state index is 10.6. The Labute approximate surface area is 136 Å². The second kappa shape index (κ2) is 4.04. The Balaban J connectivity index is 1.87. The van der Waals surface area contributed by atoms with Gasteiger partial charge in [-0.25, -0.2) is 0 Å². The molecule has 5 rings (SSSR count). The maximum absolute atomic E-state index is 10.6. The predicted octanol–water partition coefficient (Wildman–Crippen LogP) is 2.81. The highest BCUT2D eigenvalue weighted by atomic mass is 16.5. The van der Waals surface area contributed by atoms with Gasteiger partial charge in [-0.05, 0) is 50.6 Å². The molecule has 0 radical (unpaired) electrons. The molecule has 2 heterocycles. The zero-order valence-electron chi connectivity index (χ0n) is 13.9. The Kier molecular flexibility index (Phi) is 2.41. The maximum Gasteiger partial charge on any atom is 0.166 e. The molecular weight excluding hydrogens is 290 g/mol. The summed E-state index contributed by atoms with van der Waals surface area (Å²) in [5.74, 6) is 2.06. The van der Waals surface area contributed by atoms with Crippen LogP contribution in [-0.2, 0) is 11.8 Å². The van der Waals surface area contributed by atoms with Crippen molar-refractivity contribution in [3.8, 4) is 11.5 Å². The predicted molar refractivity (Wildman–Crippen MR) is 87.3 cm³/mol. The van der Waals surface area contributed by atoms with Crippen LogP contribution < -0.4 is 9.47 Å². The number of nitrogens with zero attached hydrogens (tertiary/aromatic N) is 1. The van der Waals surface area contributed by atoms with Crippen molar-refractivity contribution in [3.63, 3.8) is 0 Å². The summed E-state index contributed by atoms with van der Waals surface area (Å²) in [6, 6.07) is 4.70. The lowest BCUT2D eigenvalue weighted by Crippen LogP contribution is -2.69. The minimum Gasteiger partial charge on any atom is -0.509 e. The largest absolute Gasteiger partial charge is 0.509 e. The van der Waals surface area contributed by atoms with Gasteiger partial charge >= 0.3 is 0 Å². The first-order chi connectivity index (χ1) is 11.0. The minimum atomic E-state index is -0.261. The molecule has 1 unspecified atom stereocenters. The second-order valence-electron chi connectivity index (χ2n) is 7.80. The van der Waals surface area contributed by atoms with Crippen molar-refractivity contribution < 1.29 is 14.6 Å². The monoisotopic (exact) mass is 313 g/mol. The van der Waals surface area contributed by atoms with Gasteiger partial charge in [-0.1, -0.05) is 13.0 Å². The molecule has 2 aliphatic heterocycles. The van der Waals surface area contributed by atoms with Gasteiger partial charge in [0.1, 0.15) is 5.76 Å². The number of piperidine rings is 1. The highest BCUT2D eigenvalue weighted by molar-refractivity contribution is 5.63. The molecule has 1 saturated heterocycles. The smallest absolute Gasteiger partial charge is 0.166 e. The molecule has 1 N–H and O–H groups in total. The summed E-state index contributed by atoms with van der Waals surface area (Å²) < 4.78 is 11.9. The fourth-order valence-corrected chi connectivity index (χ4v) is 5.95. The molecule has 4 aliphatic rings. The lowest BCUT2D eigenvalue weighted by atomic mass is 9.45. The van der Waals surface area contributed by atoms with E-state index in [2.05, 4.69) is 24.9 Å². The first-order valence-electron chi connectivity index (χ1n) is 8.49. The summed E-state index contributed by atoms with van der Waals surface area (Å²) >= 11 is 0. The average molecular weight is 313 g/mol. The normalized spacial score (nSPS) is 40.2. The molecule has 23 heavy (non-hydrogen) atoms. The number of ether oxygens (including phenoxy) is 2. The van der Waals surface area contributed by atoms with Gasteiger partial charge in [0.15, 0.2) is 17.6 Å². The van der Waals surface area contributed by atoms with Gasteiger partial charge in [-0.2, -0.15) is 0 Å². The van der Waals surface area contributed by atoms with Gasteiger partial charge in [-0.3, -0.25) is 0 Å². The van der Waals surface area contributed by atoms with Crippen LogP contribution in [0.25, 0.3) is 0 Å². The molecule has 4 heteroatoms. The first kappa shape index (κ1) is 13.7. The van der Waals surface area contributed by atoms with E-state index in [-0.39, 0.29) is 16.9 Å². The van der Waals surface area contributed by atoms with Crippen molar-refractivity contribution in [1.29, 1.82) is 0 Å². The Morgan fingerprint density at radius 1 is 1.39 bits per heavy atom. The SMILES string of the molecule is COc1ccc2c3c1OC1C(O)=CC[C@@]4(C)[C@@H](C2)N(C)CC[C@]314. The summed E-state index contributed by atoms with van der Waals surface area (Å²) in [5, 5.41) is 10.6. The van der Waals surface area contributed by atoms with Crippen LogP contribution >= 0.6 is 0 Å². The van der Waals surface area contributed by atoms with Crippen molar-refractivity contribution in [2.24, 2.45) is 5.41 Å². The van der Waals surface area contributed by atoms with Crippen molar-refractivity contribution in [2.45, 2.75) is 43.7 Å². The van der Waals surface area contributed by atoms with Crippen LogP contribution in [0.15, 0.2) is 24.0 Å². The third kappa shape index (κ3) is 1.30. The van der Waals surface area contributed by atoms with E-state index in [0.717, 1.165) is 37.3 Å². The Morgan fingerprint density at radius 3 is 3.00 bits per heavy atom. The molecule has 1 aromatic rings. The fourth-order valence-electron chi connectivity index (χ4n) is 5.95. The van der Waals surface area contributed by atoms with Gasteiger partial charge in [0.2, 0.25) is 0 Å². The summed E-state index contributed by atoms with van der Waals surface area (Å²) in [7, 11) is 3.93. The number of methoxy groups -OCH3 is 1. The van der Waals surface area contributed by atoms with Crippen LogP contribution in [0.4, 0.5) is 0 Å². The van der Waals surface area contributed by atoms with E-state index >= 15 is 0 Å². The molecule has 122 valence electrons. The van der Waals surface area contributed by atoms with Gasteiger partial charge < -0.3 is 19.5 Å². The first-order valence-corrected chi connectivity index (χ1v) is 8.49. The van der Waals surface area contributed by atoms with Crippen molar-refractivity contribution in [3.05, 3.63) is 35.1 Å². The Morgan fingerprint density at radius 2 is 2.22 bits per heavy atom. The standard InChI is InChI=1S/C19H23NO3/c1-18-7-6-12(21)17-19(18)8-9-20(2)14(18)10-11-4-5-13(22-3)16(23-17)15(11)19/h4-6,14,17,21H,7-10H2,1-3H3/t14-,17?,18+,19+/m1/s1. The Bertz CT molecular complexity index is 742. The fraction of sp³-hybridized carbons (Fsp3) is 0.579. The zero-order valence-corrected chi connectivity index (χ0v) is 13.9. The molecule has 1 fully saturated rings. The highest BCUT2D eigenvalue weighted by Gasteiger charge is 2.69. The van der Waals surface area contributed by atoms with Crippen LogP contribution in [0, 0.1) is 5.41 Å². The van der Waals surface area contributed by atoms with Crippen LogP contribution in [0.1, 0.15) is 30.9 Å². The second-order valence-corrected chi connectivity index (χ2v) is 7.80. The molecular formula is C19H23NO3. The van der Waals surface area contributed by atoms with E-state index in [0.29, 0.717) is 11.8 Å². The average Bonchev–Trinajstić information content (AvgIpc) is 2.90. The number of aliphatic hydroxyl groups is 1. The number of allylic oxidation sites excluding steroid dienone is 1. The molecule has 2 bridgehead atoms. The minimum absolute atomic E-state index is 0.0848. The molecule has 0 amide bonds. The number of aliphatic hydroxyl groups excluding tert-OH is 1. The van der Waals surface area contributed by atoms with Crippen LogP contribution in [0.5, 0.6) is 11.5 Å². The van der Waals surface area contributed by atoms with E-state index < -0.39 is 0 Å². The zero-order chi connectivity index (χ0) is 16.0. The number of likely N-dealkylation sites (tertiary alicyclic amines) is 1. The number of likely N-dealkylation sites (N-methyl/N-ethyl adjacent to an activating group) is 1. The van der Waals surface area contributed by atoms with Gasteiger partial charge in [-0.15, -0.1) is 0 Å². The summed E-state index contributed by atoms with van der Waals surface area (Å²) in [5.41, 5.74) is 2.64.